The van der Waals surface area contributed by atoms with Gasteiger partial charge in [-0.25, -0.2) is 0 Å². The summed E-state index contributed by atoms with van der Waals surface area (Å²) in [5, 5.41) is 0. The van der Waals surface area contributed by atoms with Crippen LogP contribution in [0.1, 0.15) is 6.92 Å². The minimum Gasteiger partial charge on any atom is -0.134 e. The topological polar surface area (TPSA) is 0 Å². The van der Waals surface area contributed by atoms with Crippen LogP contribution in [0.15, 0.2) is 11.0 Å². The molecule has 1 heteroatoms. The molecule has 38 valence electrons. The van der Waals surface area contributed by atoms with Crippen molar-refractivity contribution in [2.45, 2.75) is 6.92 Å². The van der Waals surface area contributed by atoms with E-state index in [1.54, 1.807) is 17.8 Å². The van der Waals surface area contributed by atoms with Gasteiger partial charge in [0.15, 0.2) is 0 Å². The predicted molar refractivity (Wildman–Crippen MR) is 36.1 cm³/mol. The molecule has 0 atom stereocenters. The van der Waals surface area contributed by atoms with Gasteiger partial charge in [0.25, 0.3) is 0 Å². The van der Waals surface area contributed by atoms with E-state index in [0.717, 1.165) is 0 Å². The molecule has 0 aliphatic heterocycles. The Bertz CT molecular complexity index is 106. The van der Waals surface area contributed by atoms with Crippen molar-refractivity contribution in [3.8, 4) is 12.3 Å². The number of allylic oxidation sites excluding steroid dienone is 2. The molecule has 0 heterocycles. The number of hydrogen-bond donors (Lipinski definition) is 0. The van der Waals surface area contributed by atoms with Crippen molar-refractivity contribution in [1.82, 2.24) is 0 Å². The molecule has 0 aromatic rings. The Morgan fingerprint density at radius 1 is 1.86 bits per heavy atom. The summed E-state index contributed by atoms with van der Waals surface area (Å²) in [6.45, 7) is 1.99. The minimum atomic E-state index is 1.18. The number of rotatable bonds is 1. The first-order valence-corrected chi connectivity index (χ1v) is 3.20. The fraction of sp³-hybridized carbons (Fsp3) is 0.333. The normalized spacial score (nSPS) is 10.7. The van der Waals surface area contributed by atoms with Gasteiger partial charge in [-0.2, -0.15) is 0 Å². The zero-order valence-corrected chi connectivity index (χ0v) is 5.38. The van der Waals surface area contributed by atoms with Gasteiger partial charge in [-0.1, -0.05) is 5.92 Å². The first kappa shape index (κ1) is 6.65. The largest absolute Gasteiger partial charge is 0.134 e. The summed E-state index contributed by atoms with van der Waals surface area (Å²) in [6, 6.07) is 0. The van der Waals surface area contributed by atoms with E-state index in [4.69, 9.17) is 6.42 Å². The van der Waals surface area contributed by atoms with Gasteiger partial charge in [0.1, 0.15) is 0 Å². The maximum absolute atomic E-state index is 4.97. The third kappa shape index (κ3) is 3.48. The van der Waals surface area contributed by atoms with Crippen LogP contribution >= 0.6 is 11.8 Å². The SMILES string of the molecule is C#C/C=C(\C)SC. The van der Waals surface area contributed by atoms with Gasteiger partial charge in [0.05, 0.1) is 0 Å². The molecule has 0 aliphatic carbocycles. The summed E-state index contributed by atoms with van der Waals surface area (Å²) in [5.41, 5.74) is 0. The summed E-state index contributed by atoms with van der Waals surface area (Å²) < 4.78 is 0. The van der Waals surface area contributed by atoms with Crippen molar-refractivity contribution in [1.29, 1.82) is 0 Å². The smallest absolute Gasteiger partial charge is 0.00292 e. The van der Waals surface area contributed by atoms with Crippen LogP contribution in [0.4, 0.5) is 0 Å². The Kier molecular flexibility index (Phi) is 3.64. The van der Waals surface area contributed by atoms with E-state index in [0.29, 0.717) is 0 Å². The van der Waals surface area contributed by atoms with Crippen molar-refractivity contribution in [3.63, 3.8) is 0 Å². The second-order valence-electron chi connectivity index (χ2n) is 1.13. The van der Waals surface area contributed by atoms with Gasteiger partial charge in [-0.3, -0.25) is 0 Å². The quantitative estimate of drug-likeness (QED) is 0.467. The van der Waals surface area contributed by atoms with E-state index in [-0.39, 0.29) is 0 Å². The molecule has 0 spiro atoms. The van der Waals surface area contributed by atoms with Crippen molar-refractivity contribution >= 4 is 11.8 Å². The molecule has 0 nitrogen and oxygen atoms in total. The monoisotopic (exact) mass is 112 g/mol. The first-order chi connectivity index (χ1) is 3.31. The molecule has 0 rings (SSSR count). The molecular weight excluding hydrogens is 104 g/mol. The molecule has 7 heavy (non-hydrogen) atoms. The summed E-state index contributed by atoms with van der Waals surface area (Å²) in [7, 11) is 0. The molecule has 0 radical (unpaired) electrons. The Morgan fingerprint density at radius 2 is 2.43 bits per heavy atom. The Hall–Kier alpha value is -0.350. The Morgan fingerprint density at radius 3 is 2.57 bits per heavy atom. The molecule has 0 N–H and O–H groups in total. The zero-order valence-electron chi connectivity index (χ0n) is 4.56. The molecule has 0 aromatic heterocycles. The molecule has 0 saturated carbocycles. The summed E-state index contributed by atoms with van der Waals surface area (Å²) in [6.07, 6.45) is 8.72. The van der Waals surface area contributed by atoms with Crippen LogP contribution in [0.3, 0.4) is 0 Å². The lowest BCUT2D eigenvalue weighted by atomic mass is 10.5. The molecule has 0 fully saturated rings. The van der Waals surface area contributed by atoms with E-state index in [1.807, 2.05) is 13.2 Å². The molecule has 0 saturated heterocycles. The van der Waals surface area contributed by atoms with E-state index >= 15 is 0 Å². The van der Waals surface area contributed by atoms with Crippen LogP contribution in [0.25, 0.3) is 0 Å². The van der Waals surface area contributed by atoms with Crippen LogP contribution in [-0.2, 0) is 0 Å². The van der Waals surface area contributed by atoms with Gasteiger partial charge in [0.2, 0.25) is 0 Å². The van der Waals surface area contributed by atoms with Crippen LogP contribution in [0.5, 0.6) is 0 Å². The summed E-state index contributed by atoms with van der Waals surface area (Å²) in [5.74, 6) is 2.44. The highest BCUT2D eigenvalue weighted by Crippen LogP contribution is 2.07. The van der Waals surface area contributed by atoms with Crippen LogP contribution in [0, 0.1) is 12.3 Å². The van der Waals surface area contributed by atoms with Crippen molar-refractivity contribution in [2.75, 3.05) is 6.26 Å². The standard InChI is InChI=1S/C6H8S/c1-4-5-6(2)7-3/h1,5H,2-3H3/b6-5+. The second-order valence-corrected chi connectivity index (χ2v) is 2.18. The number of terminal acetylenes is 1. The molecule has 0 unspecified atom stereocenters. The van der Waals surface area contributed by atoms with Crippen molar-refractivity contribution < 1.29 is 0 Å². The molecule has 0 amide bonds. The average molecular weight is 112 g/mol. The molecular formula is C6H8S. The highest BCUT2D eigenvalue weighted by molar-refractivity contribution is 8.02. The van der Waals surface area contributed by atoms with Gasteiger partial charge in [-0.15, -0.1) is 18.2 Å². The van der Waals surface area contributed by atoms with E-state index < -0.39 is 0 Å². The van der Waals surface area contributed by atoms with Gasteiger partial charge in [-0.05, 0) is 24.2 Å². The zero-order chi connectivity index (χ0) is 5.70. The fourth-order valence-electron chi connectivity index (χ4n) is 0.176. The van der Waals surface area contributed by atoms with E-state index in [2.05, 4.69) is 5.92 Å². The average Bonchev–Trinajstić information content (AvgIpc) is 1.68. The lowest BCUT2D eigenvalue weighted by Gasteiger charge is -1.84. The second kappa shape index (κ2) is 3.83. The highest BCUT2D eigenvalue weighted by Gasteiger charge is 1.75. The lowest BCUT2D eigenvalue weighted by Crippen LogP contribution is -1.58. The number of thioether (sulfide) groups is 1. The van der Waals surface area contributed by atoms with Crippen LogP contribution < -0.4 is 0 Å². The third-order valence-corrected chi connectivity index (χ3v) is 1.37. The minimum absolute atomic E-state index is 1.18. The maximum Gasteiger partial charge on any atom is -0.00292 e. The third-order valence-electron chi connectivity index (χ3n) is 0.609. The van der Waals surface area contributed by atoms with Gasteiger partial charge >= 0.3 is 0 Å². The summed E-state index contributed by atoms with van der Waals surface area (Å²) >= 11 is 1.67. The van der Waals surface area contributed by atoms with Gasteiger partial charge in [0, 0.05) is 0 Å². The number of hydrogen-bond acceptors (Lipinski definition) is 1. The Balaban J connectivity index is 3.56. The fourth-order valence-corrected chi connectivity index (χ4v) is 0.362. The van der Waals surface area contributed by atoms with E-state index in [9.17, 15) is 0 Å². The van der Waals surface area contributed by atoms with Crippen molar-refractivity contribution in [3.05, 3.63) is 11.0 Å². The van der Waals surface area contributed by atoms with Crippen LogP contribution in [0.2, 0.25) is 0 Å². The Labute approximate surface area is 49.0 Å². The molecule has 0 bridgehead atoms. The molecule has 0 aromatic carbocycles. The summed E-state index contributed by atoms with van der Waals surface area (Å²) in [4.78, 5) is 1.18. The highest BCUT2D eigenvalue weighted by atomic mass is 32.2. The lowest BCUT2D eigenvalue weighted by molar-refractivity contribution is 1.70. The van der Waals surface area contributed by atoms with Crippen LogP contribution in [-0.4, -0.2) is 6.26 Å². The first-order valence-electron chi connectivity index (χ1n) is 1.98. The molecule has 0 aliphatic rings. The predicted octanol–water partition coefficient (Wildman–Crippen LogP) is 1.89. The van der Waals surface area contributed by atoms with Gasteiger partial charge < -0.3 is 0 Å². The van der Waals surface area contributed by atoms with E-state index in [1.165, 1.54) is 4.91 Å². The van der Waals surface area contributed by atoms with Crippen molar-refractivity contribution in [2.24, 2.45) is 0 Å². The maximum atomic E-state index is 4.97.